The Morgan fingerprint density at radius 1 is 1.29 bits per heavy atom. The van der Waals surface area contributed by atoms with Gasteiger partial charge in [-0.1, -0.05) is 6.07 Å². The number of nitro groups is 1. The number of benzene rings is 1. The number of hydrogen-bond acceptors (Lipinski definition) is 4. The number of sulfonamides is 1. The Balaban J connectivity index is 2.06. The smallest absolute Gasteiger partial charge is 0.270 e. The zero-order valence-electron chi connectivity index (χ0n) is 13.5. The van der Waals surface area contributed by atoms with E-state index in [0.717, 1.165) is 24.6 Å². The van der Waals surface area contributed by atoms with Gasteiger partial charge in [0, 0.05) is 37.6 Å². The summed E-state index contributed by atoms with van der Waals surface area (Å²) < 4.78 is 29.7. The van der Waals surface area contributed by atoms with Gasteiger partial charge in [-0.2, -0.15) is 4.31 Å². The fourth-order valence-electron chi connectivity index (χ4n) is 3.25. The molecule has 1 aliphatic rings. The Labute approximate surface area is 140 Å². The van der Waals surface area contributed by atoms with E-state index in [1.165, 1.54) is 16.4 Å². The number of nitrogens with zero attached hydrogens (tertiary/aromatic N) is 3. The van der Waals surface area contributed by atoms with Crippen molar-refractivity contribution in [2.24, 2.45) is 7.05 Å². The summed E-state index contributed by atoms with van der Waals surface area (Å²) in [4.78, 5) is 10.4. The van der Waals surface area contributed by atoms with Gasteiger partial charge in [0.25, 0.3) is 5.69 Å². The molecule has 1 aliphatic heterocycles. The molecule has 0 unspecified atom stereocenters. The Kier molecular flexibility index (Phi) is 4.18. The lowest BCUT2D eigenvalue weighted by molar-refractivity contribution is -0.385. The van der Waals surface area contributed by atoms with Gasteiger partial charge < -0.3 is 4.57 Å². The molecule has 2 aromatic rings. The van der Waals surface area contributed by atoms with E-state index in [2.05, 4.69) is 0 Å². The maximum absolute atomic E-state index is 13.1. The lowest BCUT2D eigenvalue weighted by Gasteiger charge is -2.25. The van der Waals surface area contributed by atoms with Crippen LogP contribution in [0.5, 0.6) is 0 Å². The van der Waals surface area contributed by atoms with Gasteiger partial charge in [0.1, 0.15) is 0 Å². The maximum Gasteiger partial charge on any atom is 0.270 e. The fraction of sp³-hybridized carbons (Fsp3) is 0.375. The van der Waals surface area contributed by atoms with Crippen molar-refractivity contribution < 1.29 is 13.3 Å². The molecule has 1 atom stereocenters. The lowest BCUT2D eigenvalue weighted by atomic mass is 10.1. The first-order valence-corrected chi connectivity index (χ1v) is 9.14. The van der Waals surface area contributed by atoms with Crippen LogP contribution in [-0.2, 0) is 17.1 Å². The van der Waals surface area contributed by atoms with Crippen molar-refractivity contribution in [3.8, 4) is 0 Å². The van der Waals surface area contributed by atoms with E-state index in [0.29, 0.717) is 12.1 Å². The van der Waals surface area contributed by atoms with Crippen LogP contribution in [0.3, 0.4) is 0 Å². The predicted molar refractivity (Wildman–Crippen MR) is 89.1 cm³/mol. The van der Waals surface area contributed by atoms with E-state index >= 15 is 0 Å². The van der Waals surface area contributed by atoms with Crippen molar-refractivity contribution in [1.29, 1.82) is 0 Å². The van der Waals surface area contributed by atoms with Gasteiger partial charge in [-0.25, -0.2) is 8.42 Å². The summed E-state index contributed by atoms with van der Waals surface area (Å²) in [5, 5.41) is 11.0. The van der Waals surface area contributed by atoms with Crippen LogP contribution in [0.25, 0.3) is 0 Å². The minimum atomic E-state index is -3.80. The summed E-state index contributed by atoms with van der Waals surface area (Å²) in [6, 6.07) is 7.53. The second-order valence-corrected chi connectivity index (χ2v) is 7.88. The van der Waals surface area contributed by atoms with Crippen molar-refractivity contribution in [2.45, 2.75) is 30.7 Å². The molecule has 0 bridgehead atoms. The van der Waals surface area contributed by atoms with Crippen molar-refractivity contribution >= 4 is 15.7 Å². The molecule has 7 nitrogen and oxygen atoms in total. The van der Waals surface area contributed by atoms with Crippen LogP contribution in [0.1, 0.15) is 30.1 Å². The Hall–Kier alpha value is -2.19. The first-order valence-electron chi connectivity index (χ1n) is 7.70. The van der Waals surface area contributed by atoms with E-state index in [9.17, 15) is 18.5 Å². The van der Waals surface area contributed by atoms with Gasteiger partial charge in [-0.3, -0.25) is 10.1 Å². The molecule has 24 heavy (non-hydrogen) atoms. The monoisotopic (exact) mass is 349 g/mol. The summed E-state index contributed by atoms with van der Waals surface area (Å²) in [7, 11) is -1.92. The Bertz CT molecular complexity index is 888. The molecule has 1 aromatic heterocycles. The van der Waals surface area contributed by atoms with Crippen LogP contribution in [0, 0.1) is 17.0 Å². The second-order valence-electron chi connectivity index (χ2n) is 6.02. The third-order valence-electron chi connectivity index (χ3n) is 4.50. The standard InChI is InChI=1S/C16H19N3O4S/c1-12-7-8-13(19(20)21)11-16(12)24(22,23)18-10-4-6-15(18)14-5-3-9-17(14)2/h3,5,7-9,11,15H,4,6,10H2,1-2H3/t15-/m0/s1. The number of non-ortho nitro benzene ring substituents is 1. The Morgan fingerprint density at radius 3 is 2.67 bits per heavy atom. The highest BCUT2D eigenvalue weighted by Crippen LogP contribution is 2.37. The zero-order valence-corrected chi connectivity index (χ0v) is 14.4. The van der Waals surface area contributed by atoms with Crippen LogP contribution in [0.4, 0.5) is 5.69 Å². The number of nitro benzene ring substituents is 1. The molecule has 0 spiro atoms. The molecule has 8 heteroatoms. The van der Waals surface area contributed by atoms with Gasteiger partial charge in [0.2, 0.25) is 10.0 Å². The van der Waals surface area contributed by atoms with Crippen molar-refractivity contribution in [2.75, 3.05) is 6.54 Å². The predicted octanol–water partition coefficient (Wildman–Crippen LogP) is 2.77. The summed E-state index contributed by atoms with van der Waals surface area (Å²) >= 11 is 0. The van der Waals surface area contributed by atoms with E-state index < -0.39 is 14.9 Å². The highest BCUT2D eigenvalue weighted by atomic mass is 32.2. The molecular formula is C16H19N3O4S. The average Bonchev–Trinajstić information content (AvgIpc) is 3.15. The molecule has 0 saturated carbocycles. The highest BCUT2D eigenvalue weighted by molar-refractivity contribution is 7.89. The van der Waals surface area contributed by atoms with Gasteiger partial charge in [0.05, 0.1) is 15.9 Å². The summed E-state index contributed by atoms with van der Waals surface area (Å²) in [5.74, 6) is 0. The normalized spacial score (nSPS) is 18.8. The van der Waals surface area contributed by atoms with Crippen LogP contribution in [-0.4, -0.2) is 28.8 Å². The summed E-state index contributed by atoms with van der Waals surface area (Å²) in [5.41, 5.74) is 1.23. The molecule has 3 rings (SSSR count). The molecule has 0 radical (unpaired) electrons. The van der Waals surface area contributed by atoms with Crippen LogP contribution >= 0.6 is 0 Å². The highest BCUT2D eigenvalue weighted by Gasteiger charge is 2.38. The number of hydrogen-bond donors (Lipinski definition) is 0. The molecule has 0 N–H and O–H groups in total. The molecule has 0 amide bonds. The van der Waals surface area contributed by atoms with Crippen molar-refractivity contribution in [3.63, 3.8) is 0 Å². The molecule has 0 aliphatic carbocycles. The molecule has 1 saturated heterocycles. The zero-order chi connectivity index (χ0) is 17.5. The minimum absolute atomic E-state index is 0.0119. The topological polar surface area (TPSA) is 85.4 Å². The van der Waals surface area contributed by atoms with Crippen molar-refractivity contribution in [3.05, 3.63) is 57.9 Å². The van der Waals surface area contributed by atoms with Gasteiger partial charge in [-0.05, 0) is 37.5 Å². The first-order chi connectivity index (χ1) is 11.3. The lowest BCUT2D eigenvalue weighted by Crippen LogP contribution is -2.32. The van der Waals surface area contributed by atoms with E-state index in [1.807, 2.05) is 29.9 Å². The summed E-state index contributed by atoms with van der Waals surface area (Å²) in [6.07, 6.45) is 3.39. The third kappa shape index (κ3) is 2.71. The largest absolute Gasteiger partial charge is 0.353 e. The fourth-order valence-corrected chi connectivity index (χ4v) is 5.17. The molecule has 1 aromatic carbocycles. The molecular weight excluding hydrogens is 330 g/mol. The minimum Gasteiger partial charge on any atom is -0.353 e. The van der Waals surface area contributed by atoms with Gasteiger partial charge in [-0.15, -0.1) is 0 Å². The van der Waals surface area contributed by atoms with Crippen molar-refractivity contribution in [1.82, 2.24) is 8.87 Å². The van der Waals surface area contributed by atoms with E-state index in [-0.39, 0.29) is 16.6 Å². The summed E-state index contributed by atoms with van der Waals surface area (Å²) in [6.45, 7) is 2.07. The quantitative estimate of drug-likeness (QED) is 0.627. The molecule has 2 heterocycles. The van der Waals surface area contributed by atoms with Crippen LogP contribution < -0.4 is 0 Å². The Morgan fingerprint density at radius 2 is 2.04 bits per heavy atom. The van der Waals surface area contributed by atoms with Gasteiger partial charge >= 0.3 is 0 Å². The van der Waals surface area contributed by atoms with E-state index in [1.54, 1.807) is 6.92 Å². The number of aryl methyl sites for hydroxylation is 2. The first kappa shape index (κ1) is 16.7. The SMILES string of the molecule is Cc1ccc([N+](=O)[O-])cc1S(=O)(=O)N1CCC[C@H]1c1cccn1C. The maximum atomic E-state index is 13.1. The second kappa shape index (κ2) is 6.03. The van der Waals surface area contributed by atoms with Gasteiger partial charge in [0.15, 0.2) is 0 Å². The molecule has 128 valence electrons. The average molecular weight is 349 g/mol. The number of rotatable bonds is 4. The molecule has 1 fully saturated rings. The van der Waals surface area contributed by atoms with Crippen LogP contribution in [0.15, 0.2) is 41.4 Å². The number of aromatic nitrogens is 1. The van der Waals surface area contributed by atoms with E-state index in [4.69, 9.17) is 0 Å². The third-order valence-corrected chi connectivity index (χ3v) is 6.55. The van der Waals surface area contributed by atoms with Crippen LogP contribution in [0.2, 0.25) is 0 Å².